The van der Waals surface area contributed by atoms with E-state index in [0.29, 0.717) is 51.4 Å². The largest absolute Gasteiger partial charge is 0.477 e. The lowest BCUT2D eigenvalue weighted by Gasteiger charge is -2.50. The number of phosphoric acid groups is 2. The number of carbonyl (C=O) groups excluding carboxylic acids is 4. The van der Waals surface area contributed by atoms with Gasteiger partial charge in [0.05, 0.1) is 88.7 Å². The number of esters is 2. The highest BCUT2D eigenvalue weighted by Crippen LogP contribution is 2.46. The number of aliphatic hydroxyl groups is 12. The van der Waals surface area contributed by atoms with Crippen molar-refractivity contribution in [3.8, 4) is 0 Å². The molecule has 0 aromatic carbocycles. The lowest BCUT2D eigenvalue weighted by Crippen LogP contribution is -2.69. The van der Waals surface area contributed by atoms with Crippen LogP contribution in [0, 0.1) is 0 Å². The lowest BCUT2D eigenvalue weighted by atomic mass is 9.90. The summed E-state index contributed by atoms with van der Waals surface area (Å²) in [7, 11) is -11.9. The van der Waals surface area contributed by atoms with Gasteiger partial charge in [0.15, 0.2) is 24.8 Å². The van der Waals surface area contributed by atoms with E-state index in [2.05, 4.69) is 38.3 Å². The fourth-order valence-corrected chi connectivity index (χ4v) is 17.3. The van der Waals surface area contributed by atoms with Crippen LogP contribution in [0.15, 0.2) is 0 Å². The number of carbonyl (C=O) groups is 6. The number of phosphoric ester groups is 2. The first-order chi connectivity index (χ1) is 59.4. The molecule has 0 aromatic rings. The maximum Gasteiger partial charge on any atom is 0.472 e. The highest BCUT2D eigenvalue weighted by Gasteiger charge is 2.63. The van der Waals surface area contributed by atoms with Crippen molar-refractivity contribution < 1.29 is 181 Å². The van der Waals surface area contributed by atoms with Crippen molar-refractivity contribution >= 4 is 51.3 Å². The van der Waals surface area contributed by atoms with Gasteiger partial charge in [0, 0.05) is 12.8 Å². The molecular weight excluding hydrogens is 1690 g/mol. The van der Waals surface area contributed by atoms with Gasteiger partial charge in [0.1, 0.15) is 73.1 Å². The number of ether oxygens (including phenoxy) is 9. The van der Waals surface area contributed by atoms with Crippen LogP contribution in [-0.4, -0.2) is 299 Å². The van der Waals surface area contributed by atoms with Gasteiger partial charge in [-0.05, 0) is 25.7 Å². The van der Waals surface area contributed by atoms with Crippen LogP contribution in [0.4, 0.5) is 0 Å². The normalized spacial score (nSPS) is 28.3. The first-order valence-corrected chi connectivity index (χ1v) is 49.0. The van der Waals surface area contributed by atoms with Crippen molar-refractivity contribution in [1.29, 1.82) is 0 Å². The minimum Gasteiger partial charge on any atom is -0.477 e. The topological polar surface area (TPSA) is 626 Å². The quantitative estimate of drug-likeness (QED) is 0.0183. The van der Waals surface area contributed by atoms with Gasteiger partial charge < -0.3 is 144 Å². The van der Waals surface area contributed by atoms with Crippen molar-refractivity contribution in [1.82, 2.24) is 10.6 Å². The maximum absolute atomic E-state index is 14.7. The monoisotopic (exact) mass is 1840 g/mol. The number of hydrogen-bond acceptors (Lipinski definition) is 31. The molecular formula is C84H154N2O37P2. The van der Waals surface area contributed by atoms with Crippen LogP contribution in [0.25, 0.3) is 0 Å². The number of unbranched alkanes of at least 4 members (excludes halogenated alkanes) is 32. The molecule has 4 aliphatic heterocycles. The van der Waals surface area contributed by atoms with Gasteiger partial charge in [-0.2, -0.15) is 0 Å². The van der Waals surface area contributed by atoms with E-state index in [-0.39, 0.29) is 25.7 Å². The number of aliphatic hydroxyl groups excluding tert-OH is 12. The predicted octanol–water partition coefficient (Wildman–Crippen LogP) is 6.21. The molecule has 4 fully saturated rings. The van der Waals surface area contributed by atoms with Crippen molar-refractivity contribution in [3.05, 3.63) is 0 Å². The second-order valence-corrected chi connectivity index (χ2v) is 36.7. The minimum atomic E-state index is -6.10. The zero-order chi connectivity index (χ0) is 92.7. The van der Waals surface area contributed by atoms with Gasteiger partial charge in [-0.25, -0.2) is 18.7 Å². The van der Waals surface area contributed by atoms with Crippen LogP contribution in [-0.2, 0) is 89.6 Å². The zero-order valence-corrected chi connectivity index (χ0v) is 75.5. The summed E-state index contributed by atoms with van der Waals surface area (Å²) >= 11 is 0. The van der Waals surface area contributed by atoms with Gasteiger partial charge in [-0.3, -0.25) is 28.2 Å². The van der Waals surface area contributed by atoms with Crippen molar-refractivity contribution in [2.45, 2.75) is 469 Å². The molecule has 0 saturated carbocycles. The number of amides is 2. The van der Waals surface area contributed by atoms with E-state index < -0.39 is 262 Å². The molecule has 20 N–H and O–H groups in total. The SMILES string of the molecule is CCCCCCCCCCC[C@@H](O)CC(=O)N[C@H]1[C@H](OC[C@H]2O[C@H](OP(=O)(O)O)[C@H](NC(=O)C[C@H](O)CCCCCCCCCCC)[C@@H](OC(=O)C[C@H](O)CCCCCCCCCCC)[C@@H]2O)O[C@H](CO[C@]2(C(=O)O)C[C@@H](O[C@]3(C(=O)O)C[C@@H](O)[C@@H](O)[C@@H]([C@H](O)CO)O3)[C@@H](O)[C@@H]([C@H](O)CO)O2)[C@@H](OP(=O)(O)O)[C@@H]1OC(=O)C[C@H](O)CCCCCCCCCCC. The van der Waals surface area contributed by atoms with Gasteiger partial charge in [0.25, 0.3) is 11.6 Å². The molecule has 732 valence electrons. The fraction of sp³-hybridized carbons (Fsp3) is 0.929. The fourth-order valence-electron chi connectivity index (χ4n) is 16.2. The van der Waals surface area contributed by atoms with Gasteiger partial charge >= 0.3 is 39.5 Å². The molecule has 24 atom stereocenters. The molecule has 41 heteroatoms. The zero-order valence-electron chi connectivity index (χ0n) is 73.8. The Morgan fingerprint density at radius 3 is 1.13 bits per heavy atom. The number of nitrogens with one attached hydrogen (secondary N) is 2. The molecule has 0 radical (unpaired) electrons. The number of carboxylic acids is 2. The van der Waals surface area contributed by atoms with E-state index in [9.17, 15) is 129 Å². The van der Waals surface area contributed by atoms with E-state index in [1.165, 1.54) is 0 Å². The summed E-state index contributed by atoms with van der Waals surface area (Å²) in [5.74, 6) is -16.0. The number of carboxylic acid groups (broad SMARTS) is 2. The molecule has 0 spiro atoms. The van der Waals surface area contributed by atoms with Crippen molar-refractivity contribution in [2.24, 2.45) is 0 Å². The van der Waals surface area contributed by atoms with Crippen LogP contribution in [0.1, 0.15) is 323 Å². The predicted molar refractivity (Wildman–Crippen MR) is 448 cm³/mol. The summed E-state index contributed by atoms with van der Waals surface area (Å²) in [6, 6.07) is -4.34. The molecule has 0 aromatic heterocycles. The first kappa shape index (κ1) is 114. The summed E-state index contributed by atoms with van der Waals surface area (Å²) in [5.41, 5.74) is 0. The van der Waals surface area contributed by atoms with Crippen LogP contribution < -0.4 is 10.6 Å². The van der Waals surface area contributed by atoms with Crippen molar-refractivity contribution in [2.75, 3.05) is 26.4 Å². The van der Waals surface area contributed by atoms with Crippen LogP contribution in [0.5, 0.6) is 0 Å². The molecule has 4 rings (SSSR count). The first-order valence-electron chi connectivity index (χ1n) is 46.0. The lowest BCUT2D eigenvalue weighted by molar-refractivity contribution is -0.378. The second kappa shape index (κ2) is 61.2. The molecule has 4 aliphatic rings. The summed E-state index contributed by atoms with van der Waals surface area (Å²) in [6.45, 7) is 3.02. The van der Waals surface area contributed by atoms with E-state index >= 15 is 0 Å². The van der Waals surface area contributed by atoms with E-state index in [0.717, 1.165) is 180 Å². The van der Waals surface area contributed by atoms with Crippen molar-refractivity contribution in [3.63, 3.8) is 0 Å². The maximum atomic E-state index is 14.7. The van der Waals surface area contributed by atoms with Crippen LogP contribution in [0.3, 0.4) is 0 Å². The van der Waals surface area contributed by atoms with Gasteiger partial charge in [0.2, 0.25) is 11.8 Å². The molecule has 4 saturated heterocycles. The highest BCUT2D eigenvalue weighted by atomic mass is 31.2. The second-order valence-electron chi connectivity index (χ2n) is 34.3. The number of hydrogen-bond donors (Lipinski definition) is 20. The van der Waals surface area contributed by atoms with Gasteiger partial charge in [-0.15, -0.1) is 0 Å². The average molecular weight is 1850 g/mol. The Balaban J connectivity index is 1.93. The van der Waals surface area contributed by atoms with Crippen LogP contribution >= 0.6 is 15.6 Å². The Morgan fingerprint density at radius 1 is 0.408 bits per heavy atom. The Bertz CT molecular complexity index is 3090. The molecule has 125 heavy (non-hydrogen) atoms. The third-order valence-electron chi connectivity index (χ3n) is 23.3. The highest BCUT2D eigenvalue weighted by molar-refractivity contribution is 7.46. The molecule has 0 aliphatic carbocycles. The van der Waals surface area contributed by atoms with E-state index in [1.54, 1.807) is 0 Å². The molecule has 39 nitrogen and oxygen atoms in total. The molecule has 2 amide bonds. The summed E-state index contributed by atoms with van der Waals surface area (Å²) in [5, 5.41) is 161. The third kappa shape index (κ3) is 42.8. The molecule has 0 unspecified atom stereocenters. The number of aliphatic carboxylic acids is 2. The Kier molecular flexibility index (Phi) is 55.6. The molecule has 0 bridgehead atoms. The van der Waals surface area contributed by atoms with Gasteiger partial charge in [-0.1, -0.05) is 259 Å². The Hall–Kier alpha value is -3.72. The molecule has 4 heterocycles. The summed E-state index contributed by atoms with van der Waals surface area (Å²) < 4.78 is 90.8. The smallest absolute Gasteiger partial charge is 0.472 e. The van der Waals surface area contributed by atoms with E-state index in [1.807, 2.05) is 0 Å². The average Bonchev–Trinajstić information content (AvgIpc) is 0.751. The number of rotatable bonds is 70. The summed E-state index contributed by atoms with van der Waals surface area (Å²) in [4.78, 5) is 128. The Morgan fingerprint density at radius 2 is 0.752 bits per heavy atom. The van der Waals surface area contributed by atoms with E-state index in [4.69, 9.17) is 51.7 Å². The minimum absolute atomic E-state index is 0.00496. The summed E-state index contributed by atoms with van der Waals surface area (Å²) in [6.07, 6.45) is -15.9. The standard InChI is InChI=1S/C84H154N2O37P2/c1-5-9-13-17-21-25-29-33-37-41-55(89)45-65(96)85-69-77(117-67(98)47-57(91)43-39-35-31-27-23-19-15-11-7-3)73(102)63(115-80(69)123-125(110,111)112)53-113-79-70(86-66(97)46-56(90)42-38-34-30-26-22-18-14-10-6-2)78(118-68(99)48-58(92)44-40-36-32-28-24-20-16-12-8-4)76(122-124(107,108)109)64(116-79)54-114-83(81(103)104)50-62(72(101)75(120-83)61(95)52-88)119-84(82(105)106)49-59(93)71(100)74(121-84)60(94)51-87/h55-64,69-80,87-95,100-102H,5-54H2,1-4H3,(H,85,96)(H,86,97)(H,103,104)(H,105,106)(H2,107,108,109)(H2,110,111,112)/t55-,56-,57-,58-,59-,60-,61-,62-,63-,64-,69-,70-,71-,72-,73-,74-,75-,76-,77-,78-,79-,80-,83-,84-/m1/s1. The third-order valence-corrected chi connectivity index (χ3v) is 24.3. The van der Waals surface area contributed by atoms with Crippen LogP contribution in [0.2, 0.25) is 0 Å². The Labute approximate surface area is 735 Å².